The predicted molar refractivity (Wildman–Crippen MR) is 80.6 cm³/mol. The quantitative estimate of drug-likeness (QED) is 0.907. The first-order valence-corrected chi connectivity index (χ1v) is 7.32. The molecular formula is C16H19FN4. The second-order valence-corrected chi connectivity index (χ2v) is 5.33. The van der Waals surface area contributed by atoms with Crippen molar-refractivity contribution in [3.8, 4) is 0 Å². The molecule has 0 saturated carbocycles. The minimum absolute atomic E-state index is 0.216. The molecule has 1 aliphatic heterocycles. The van der Waals surface area contributed by atoms with E-state index in [-0.39, 0.29) is 5.82 Å². The molecule has 5 heteroatoms. The minimum atomic E-state index is -0.216. The van der Waals surface area contributed by atoms with Crippen LogP contribution in [0.3, 0.4) is 0 Å². The number of anilines is 1. The molecule has 0 amide bonds. The Labute approximate surface area is 123 Å². The molecule has 0 bridgehead atoms. The summed E-state index contributed by atoms with van der Waals surface area (Å²) in [7, 11) is 0. The van der Waals surface area contributed by atoms with Gasteiger partial charge in [0.05, 0.1) is 11.9 Å². The SMILES string of the molecule is Fc1ccc(CNc2cncc(C3CCNCC3)n2)cc1. The van der Waals surface area contributed by atoms with Crippen molar-refractivity contribution in [3.05, 3.63) is 53.7 Å². The molecule has 0 atom stereocenters. The first-order chi connectivity index (χ1) is 10.3. The summed E-state index contributed by atoms with van der Waals surface area (Å²) in [6.45, 7) is 2.70. The van der Waals surface area contributed by atoms with E-state index in [1.54, 1.807) is 18.3 Å². The van der Waals surface area contributed by atoms with Crippen LogP contribution in [-0.2, 0) is 6.54 Å². The summed E-state index contributed by atoms with van der Waals surface area (Å²) in [6, 6.07) is 6.47. The Morgan fingerprint density at radius 3 is 2.67 bits per heavy atom. The fourth-order valence-corrected chi connectivity index (χ4v) is 2.58. The van der Waals surface area contributed by atoms with Gasteiger partial charge in [-0.2, -0.15) is 0 Å². The van der Waals surface area contributed by atoms with Crippen molar-refractivity contribution in [2.45, 2.75) is 25.3 Å². The Hall–Kier alpha value is -2.01. The zero-order chi connectivity index (χ0) is 14.5. The Bertz CT molecular complexity index is 579. The molecule has 2 heterocycles. The summed E-state index contributed by atoms with van der Waals surface area (Å²) in [5.41, 5.74) is 2.08. The number of rotatable bonds is 4. The van der Waals surface area contributed by atoms with Crippen LogP contribution in [0.4, 0.5) is 10.2 Å². The minimum Gasteiger partial charge on any atom is -0.365 e. The van der Waals surface area contributed by atoms with Gasteiger partial charge in [-0.1, -0.05) is 12.1 Å². The molecule has 0 unspecified atom stereocenters. The van der Waals surface area contributed by atoms with Crippen LogP contribution in [0.5, 0.6) is 0 Å². The molecule has 1 saturated heterocycles. The van der Waals surface area contributed by atoms with Crippen LogP contribution in [-0.4, -0.2) is 23.1 Å². The summed E-state index contributed by atoms with van der Waals surface area (Å²) in [5, 5.41) is 6.60. The average Bonchev–Trinajstić information content (AvgIpc) is 2.55. The third-order valence-corrected chi connectivity index (χ3v) is 3.80. The van der Waals surface area contributed by atoms with Gasteiger partial charge in [0.2, 0.25) is 0 Å². The van der Waals surface area contributed by atoms with Crippen LogP contribution in [0.25, 0.3) is 0 Å². The summed E-state index contributed by atoms with van der Waals surface area (Å²) < 4.78 is 12.9. The van der Waals surface area contributed by atoms with Gasteiger partial charge in [-0.05, 0) is 43.6 Å². The van der Waals surface area contributed by atoms with Gasteiger partial charge in [-0.25, -0.2) is 9.37 Å². The Morgan fingerprint density at radius 1 is 1.14 bits per heavy atom. The lowest BCUT2D eigenvalue weighted by Gasteiger charge is -2.22. The summed E-state index contributed by atoms with van der Waals surface area (Å²) >= 11 is 0. The maximum Gasteiger partial charge on any atom is 0.145 e. The number of piperidine rings is 1. The number of aromatic nitrogens is 2. The maximum absolute atomic E-state index is 12.9. The largest absolute Gasteiger partial charge is 0.365 e. The third kappa shape index (κ3) is 3.76. The van der Waals surface area contributed by atoms with Crippen molar-refractivity contribution >= 4 is 5.82 Å². The molecule has 0 aliphatic carbocycles. The molecule has 0 radical (unpaired) electrons. The zero-order valence-electron chi connectivity index (χ0n) is 11.8. The highest BCUT2D eigenvalue weighted by atomic mass is 19.1. The molecule has 110 valence electrons. The molecule has 21 heavy (non-hydrogen) atoms. The predicted octanol–water partition coefficient (Wildman–Crippen LogP) is 2.69. The standard InChI is InChI=1S/C16H19FN4/c17-14-3-1-12(2-4-14)9-20-16-11-19-10-15(21-16)13-5-7-18-8-6-13/h1-4,10-11,13,18H,5-9H2,(H,20,21). The van der Waals surface area contributed by atoms with E-state index < -0.39 is 0 Å². The smallest absolute Gasteiger partial charge is 0.145 e. The van der Waals surface area contributed by atoms with Gasteiger partial charge in [0.25, 0.3) is 0 Å². The Balaban J connectivity index is 1.64. The van der Waals surface area contributed by atoms with Gasteiger partial charge < -0.3 is 10.6 Å². The number of hydrogen-bond acceptors (Lipinski definition) is 4. The van der Waals surface area contributed by atoms with E-state index in [1.807, 2.05) is 6.20 Å². The van der Waals surface area contributed by atoms with Crippen molar-refractivity contribution in [1.29, 1.82) is 0 Å². The van der Waals surface area contributed by atoms with Crippen molar-refractivity contribution in [1.82, 2.24) is 15.3 Å². The molecule has 1 aromatic heterocycles. The maximum atomic E-state index is 12.9. The second-order valence-electron chi connectivity index (χ2n) is 5.33. The van der Waals surface area contributed by atoms with Crippen molar-refractivity contribution in [2.24, 2.45) is 0 Å². The molecule has 0 spiro atoms. The van der Waals surface area contributed by atoms with E-state index in [0.717, 1.165) is 43.0 Å². The van der Waals surface area contributed by atoms with Gasteiger partial charge in [0, 0.05) is 18.7 Å². The van der Waals surface area contributed by atoms with Crippen molar-refractivity contribution < 1.29 is 4.39 Å². The highest BCUT2D eigenvalue weighted by Crippen LogP contribution is 2.23. The topological polar surface area (TPSA) is 49.8 Å². The van der Waals surface area contributed by atoms with Gasteiger partial charge >= 0.3 is 0 Å². The summed E-state index contributed by atoms with van der Waals surface area (Å²) in [5.74, 6) is 1.05. The normalized spacial score (nSPS) is 15.9. The number of nitrogens with one attached hydrogen (secondary N) is 2. The average molecular weight is 286 g/mol. The first kappa shape index (κ1) is 13.9. The molecule has 1 aliphatic rings. The molecule has 2 aromatic rings. The Morgan fingerprint density at radius 2 is 1.90 bits per heavy atom. The van der Waals surface area contributed by atoms with E-state index in [2.05, 4.69) is 20.6 Å². The third-order valence-electron chi connectivity index (χ3n) is 3.80. The molecular weight excluding hydrogens is 267 g/mol. The van der Waals surface area contributed by atoms with Crippen molar-refractivity contribution in [2.75, 3.05) is 18.4 Å². The van der Waals surface area contributed by atoms with Gasteiger partial charge in [-0.15, -0.1) is 0 Å². The lowest BCUT2D eigenvalue weighted by Crippen LogP contribution is -2.27. The van der Waals surface area contributed by atoms with Crippen LogP contribution in [0, 0.1) is 5.82 Å². The van der Waals surface area contributed by atoms with Gasteiger partial charge in [-0.3, -0.25) is 4.98 Å². The number of benzene rings is 1. The first-order valence-electron chi connectivity index (χ1n) is 7.32. The molecule has 1 fully saturated rings. The van der Waals surface area contributed by atoms with E-state index in [0.29, 0.717) is 12.5 Å². The number of nitrogens with zero attached hydrogens (tertiary/aromatic N) is 2. The highest BCUT2D eigenvalue weighted by Gasteiger charge is 2.16. The molecule has 1 aromatic carbocycles. The fourth-order valence-electron chi connectivity index (χ4n) is 2.58. The van der Waals surface area contributed by atoms with Crippen LogP contribution >= 0.6 is 0 Å². The second kappa shape index (κ2) is 6.63. The van der Waals surface area contributed by atoms with Crippen molar-refractivity contribution in [3.63, 3.8) is 0 Å². The van der Waals surface area contributed by atoms with Crippen LogP contribution in [0.1, 0.15) is 30.0 Å². The van der Waals surface area contributed by atoms with E-state index >= 15 is 0 Å². The fraction of sp³-hybridized carbons (Fsp3) is 0.375. The molecule has 4 nitrogen and oxygen atoms in total. The lowest BCUT2D eigenvalue weighted by molar-refractivity contribution is 0.452. The van der Waals surface area contributed by atoms with Crippen LogP contribution in [0.15, 0.2) is 36.7 Å². The van der Waals surface area contributed by atoms with E-state index in [9.17, 15) is 4.39 Å². The van der Waals surface area contributed by atoms with Crippen LogP contribution in [0.2, 0.25) is 0 Å². The van der Waals surface area contributed by atoms with E-state index in [4.69, 9.17) is 0 Å². The summed E-state index contributed by atoms with van der Waals surface area (Å²) in [4.78, 5) is 8.93. The van der Waals surface area contributed by atoms with Gasteiger partial charge in [0.15, 0.2) is 0 Å². The zero-order valence-corrected chi connectivity index (χ0v) is 11.8. The lowest BCUT2D eigenvalue weighted by atomic mass is 9.95. The monoisotopic (exact) mass is 286 g/mol. The number of halogens is 1. The van der Waals surface area contributed by atoms with Crippen LogP contribution < -0.4 is 10.6 Å². The molecule has 2 N–H and O–H groups in total. The Kier molecular flexibility index (Phi) is 4.40. The van der Waals surface area contributed by atoms with E-state index in [1.165, 1.54) is 12.1 Å². The van der Waals surface area contributed by atoms with Gasteiger partial charge in [0.1, 0.15) is 11.6 Å². The summed E-state index contributed by atoms with van der Waals surface area (Å²) in [6.07, 6.45) is 5.80. The number of hydrogen-bond donors (Lipinski definition) is 2. The highest BCUT2D eigenvalue weighted by molar-refractivity contribution is 5.34. The molecule has 3 rings (SSSR count).